The fraction of sp³-hybridized carbons (Fsp3) is 0.632. The number of halogens is 1. The lowest BCUT2D eigenvalue weighted by Crippen LogP contribution is -2.65. The van der Waals surface area contributed by atoms with E-state index in [1.54, 1.807) is 13.3 Å². The molecule has 1 spiro atoms. The molecule has 0 aliphatic heterocycles. The molecule has 8 nitrogen and oxygen atoms in total. The molecule has 0 bridgehead atoms. The van der Waals surface area contributed by atoms with Crippen molar-refractivity contribution in [3.05, 3.63) is 24.2 Å². The Labute approximate surface area is 182 Å². The van der Waals surface area contributed by atoms with Crippen LogP contribution in [0, 0.1) is 5.41 Å². The van der Waals surface area contributed by atoms with Crippen molar-refractivity contribution in [2.45, 2.75) is 57.7 Å². The summed E-state index contributed by atoms with van der Waals surface area (Å²) in [5.41, 5.74) is 0.270. The van der Waals surface area contributed by atoms with Crippen molar-refractivity contribution in [1.29, 1.82) is 0 Å². The van der Waals surface area contributed by atoms with Gasteiger partial charge >= 0.3 is 0 Å². The van der Waals surface area contributed by atoms with Gasteiger partial charge in [-0.25, -0.2) is 4.98 Å². The molecule has 2 aliphatic carbocycles. The maximum absolute atomic E-state index is 6.00. The molecule has 2 fully saturated rings. The SMILES string of the molecule is CCOC1CC(NC(=NC)NCc2nc(-c3ccco3)n[nH]2)C12CCCC2.I. The fourth-order valence-electron chi connectivity index (χ4n) is 4.51. The maximum Gasteiger partial charge on any atom is 0.216 e. The van der Waals surface area contributed by atoms with Gasteiger partial charge in [0, 0.05) is 25.1 Å². The van der Waals surface area contributed by atoms with Crippen LogP contribution in [0.25, 0.3) is 11.6 Å². The zero-order chi connectivity index (χ0) is 18.7. The van der Waals surface area contributed by atoms with E-state index in [-0.39, 0.29) is 29.4 Å². The van der Waals surface area contributed by atoms with Crippen LogP contribution < -0.4 is 10.6 Å². The lowest BCUT2D eigenvalue weighted by molar-refractivity contribution is -0.125. The van der Waals surface area contributed by atoms with Crippen LogP contribution in [0.4, 0.5) is 0 Å². The predicted octanol–water partition coefficient (Wildman–Crippen LogP) is 3.09. The third-order valence-electron chi connectivity index (χ3n) is 5.92. The van der Waals surface area contributed by atoms with Gasteiger partial charge in [0.25, 0.3) is 0 Å². The molecule has 0 aromatic carbocycles. The molecule has 2 aromatic heterocycles. The zero-order valence-corrected chi connectivity index (χ0v) is 18.7. The van der Waals surface area contributed by atoms with Gasteiger partial charge in [0.2, 0.25) is 5.82 Å². The summed E-state index contributed by atoms with van der Waals surface area (Å²) < 4.78 is 11.3. The normalized spacial score (nSPS) is 23.3. The van der Waals surface area contributed by atoms with Crippen LogP contribution in [0.3, 0.4) is 0 Å². The molecule has 2 aliphatic rings. The van der Waals surface area contributed by atoms with E-state index in [9.17, 15) is 0 Å². The molecule has 0 amide bonds. The Morgan fingerprint density at radius 1 is 1.43 bits per heavy atom. The highest BCUT2D eigenvalue weighted by molar-refractivity contribution is 14.0. The van der Waals surface area contributed by atoms with Crippen LogP contribution >= 0.6 is 24.0 Å². The Bertz CT molecular complexity index is 769. The number of guanidine groups is 1. The number of nitrogens with one attached hydrogen (secondary N) is 3. The molecule has 2 saturated carbocycles. The van der Waals surface area contributed by atoms with E-state index >= 15 is 0 Å². The fourth-order valence-corrected chi connectivity index (χ4v) is 4.51. The molecule has 0 saturated heterocycles. The number of aromatic nitrogens is 3. The summed E-state index contributed by atoms with van der Waals surface area (Å²) in [5, 5.41) is 14.1. The minimum Gasteiger partial charge on any atom is -0.461 e. The van der Waals surface area contributed by atoms with Gasteiger partial charge in [-0.15, -0.1) is 29.1 Å². The van der Waals surface area contributed by atoms with Crippen LogP contribution in [0.2, 0.25) is 0 Å². The molecule has 2 heterocycles. The van der Waals surface area contributed by atoms with Gasteiger partial charge in [-0.05, 0) is 38.3 Å². The molecular formula is C19H29IN6O2. The molecular weight excluding hydrogens is 471 g/mol. The number of nitrogens with zero attached hydrogens (tertiary/aromatic N) is 3. The average Bonchev–Trinajstić information content (AvgIpc) is 3.44. The van der Waals surface area contributed by atoms with Gasteiger partial charge in [-0.2, -0.15) is 0 Å². The minimum atomic E-state index is 0. The standard InChI is InChI=1S/C19H28N6O2.HI/c1-3-26-15-11-14(19(15)8-4-5-9-19)22-18(20-2)21-12-16-23-17(25-24-16)13-7-6-10-27-13;/h6-7,10,14-15H,3-5,8-9,11-12H2,1-2H3,(H2,20,21,22)(H,23,24,25);1H. The number of hydrogen-bond donors (Lipinski definition) is 3. The lowest BCUT2D eigenvalue weighted by Gasteiger charge is -2.54. The summed E-state index contributed by atoms with van der Waals surface area (Å²) in [5.74, 6) is 2.74. The Hall–Kier alpha value is -1.62. The number of H-pyrrole nitrogens is 1. The number of furan rings is 1. The molecule has 9 heteroatoms. The molecule has 4 rings (SSSR count). The highest BCUT2D eigenvalue weighted by Gasteiger charge is 2.56. The van der Waals surface area contributed by atoms with E-state index in [1.807, 2.05) is 12.1 Å². The minimum absolute atomic E-state index is 0. The van der Waals surface area contributed by atoms with Gasteiger partial charge < -0.3 is 19.8 Å². The van der Waals surface area contributed by atoms with E-state index in [0.717, 1.165) is 24.8 Å². The topological polar surface area (TPSA) is 100 Å². The molecule has 3 N–H and O–H groups in total. The monoisotopic (exact) mass is 500 g/mol. The molecule has 2 aromatic rings. The summed E-state index contributed by atoms with van der Waals surface area (Å²) in [7, 11) is 1.80. The second-order valence-electron chi connectivity index (χ2n) is 7.33. The van der Waals surface area contributed by atoms with Crippen LogP contribution in [-0.2, 0) is 11.3 Å². The third-order valence-corrected chi connectivity index (χ3v) is 5.92. The Morgan fingerprint density at radius 2 is 2.25 bits per heavy atom. The summed E-state index contributed by atoms with van der Waals surface area (Å²) in [6, 6.07) is 4.08. The van der Waals surface area contributed by atoms with Crippen molar-refractivity contribution < 1.29 is 9.15 Å². The second-order valence-corrected chi connectivity index (χ2v) is 7.33. The van der Waals surface area contributed by atoms with E-state index in [2.05, 4.69) is 37.7 Å². The number of aromatic amines is 1. The summed E-state index contributed by atoms with van der Waals surface area (Å²) in [6.07, 6.45) is 8.10. The lowest BCUT2D eigenvalue weighted by atomic mass is 9.60. The molecule has 2 unspecified atom stereocenters. The van der Waals surface area contributed by atoms with Crippen molar-refractivity contribution >= 4 is 29.9 Å². The quantitative estimate of drug-likeness (QED) is 0.320. The summed E-state index contributed by atoms with van der Waals surface area (Å²) in [6.45, 7) is 3.38. The van der Waals surface area contributed by atoms with Crippen molar-refractivity contribution in [3.8, 4) is 11.6 Å². The second kappa shape index (κ2) is 9.25. The Morgan fingerprint density at radius 3 is 2.93 bits per heavy atom. The Kier molecular flexibility index (Phi) is 6.97. The van der Waals surface area contributed by atoms with Gasteiger partial charge in [0.05, 0.1) is 18.9 Å². The summed E-state index contributed by atoms with van der Waals surface area (Å²) in [4.78, 5) is 8.83. The molecule has 2 atom stereocenters. The largest absolute Gasteiger partial charge is 0.461 e. The van der Waals surface area contributed by atoms with Crippen molar-refractivity contribution in [3.63, 3.8) is 0 Å². The third kappa shape index (κ3) is 4.05. The van der Waals surface area contributed by atoms with Crippen LogP contribution in [0.15, 0.2) is 27.8 Å². The van der Waals surface area contributed by atoms with E-state index in [0.29, 0.717) is 30.3 Å². The molecule has 28 heavy (non-hydrogen) atoms. The van der Waals surface area contributed by atoms with Gasteiger partial charge in [0.15, 0.2) is 11.7 Å². The number of rotatable bonds is 6. The first-order valence-corrected chi connectivity index (χ1v) is 9.79. The molecule has 154 valence electrons. The first-order chi connectivity index (χ1) is 13.2. The Balaban J connectivity index is 0.00000225. The summed E-state index contributed by atoms with van der Waals surface area (Å²) >= 11 is 0. The van der Waals surface area contributed by atoms with Gasteiger partial charge in [0.1, 0.15) is 5.82 Å². The highest BCUT2D eigenvalue weighted by Crippen LogP contribution is 2.54. The number of hydrogen-bond acceptors (Lipinski definition) is 5. The number of ether oxygens (including phenoxy) is 1. The van der Waals surface area contributed by atoms with Crippen LogP contribution in [0.5, 0.6) is 0 Å². The van der Waals surface area contributed by atoms with E-state index in [4.69, 9.17) is 9.15 Å². The smallest absolute Gasteiger partial charge is 0.216 e. The highest BCUT2D eigenvalue weighted by atomic mass is 127. The van der Waals surface area contributed by atoms with Crippen molar-refractivity contribution in [2.75, 3.05) is 13.7 Å². The first kappa shape index (κ1) is 21.1. The van der Waals surface area contributed by atoms with E-state index < -0.39 is 0 Å². The zero-order valence-electron chi connectivity index (χ0n) is 16.4. The van der Waals surface area contributed by atoms with Crippen molar-refractivity contribution in [2.24, 2.45) is 10.4 Å². The van der Waals surface area contributed by atoms with Crippen LogP contribution in [0.1, 0.15) is 44.9 Å². The first-order valence-electron chi connectivity index (χ1n) is 9.79. The average molecular weight is 500 g/mol. The van der Waals surface area contributed by atoms with Gasteiger partial charge in [-0.1, -0.05) is 12.8 Å². The number of aliphatic imine (C=N–C) groups is 1. The molecule has 0 radical (unpaired) electrons. The maximum atomic E-state index is 6.00. The predicted molar refractivity (Wildman–Crippen MR) is 118 cm³/mol. The van der Waals surface area contributed by atoms with Crippen molar-refractivity contribution in [1.82, 2.24) is 25.8 Å². The van der Waals surface area contributed by atoms with E-state index in [1.165, 1.54) is 25.7 Å². The van der Waals surface area contributed by atoms with Gasteiger partial charge in [-0.3, -0.25) is 10.1 Å². The van der Waals surface area contributed by atoms with Crippen LogP contribution in [-0.4, -0.2) is 46.9 Å².